The van der Waals surface area contributed by atoms with Crippen LogP contribution in [0.1, 0.15) is 22.3 Å². The number of aliphatic hydroxyl groups is 1. The van der Waals surface area contributed by atoms with Crippen LogP contribution < -0.4 is 5.06 Å². The van der Waals surface area contributed by atoms with Gasteiger partial charge < -0.3 is 5.11 Å². The van der Waals surface area contributed by atoms with E-state index in [-0.39, 0.29) is 12.4 Å². The van der Waals surface area contributed by atoms with E-state index in [0.717, 1.165) is 27.6 Å². The number of fused-ring (bicyclic) bond motifs is 1. The normalized spacial score (nSPS) is 24.6. The van der Waals surface area contributed by atoms with Crippen molar-refractivity contribution in [3.05, 3.63) is 77.9 Å². The molecule has 25 heavy (non-hydrogen) atoms. The smallest absolute Gasteiger partial charge is 0.196 e. The molecule has 0 bridgehead atoms. The van der Waals surface area contributed by atoms with E-state index in [1.54, 1.807) is 5.06 Å². The number of hydrogen-bond donors (Lipinski definition) is 1. The Kier molecular flexibility index (Phi) is 3.02. The highest BCUT2D eigenvalue weighted by Crippen LogP contribution is 2.52. The van der Waals surface area contributed by atoms with Crippen LogP contribution in [0.3, 0.4) is 0 Å². The van der Waals surface area contributed by atoms with E-state index in [1.165, 1.54) is 0 Å². The summed E-state index contributed by atoms with van der Waals surface area (Å²) in [6.07, 6.45) is 0.0269. The SMILES string of the molecule is O=C1c2cccc3cccc(c23)[C@]12C[C@@H](CO)ON2c1ccccc1. The van der Waals surface area contributed by atoms with Gasteiger partial charge in [0, 0.05) is 12.0 Å². The molecule has 1 spiro atoms. The van der Waals surface area contributed by atoms with Crippen LogP contribution in [0, 0.1) is 0 Å². The third-order valence-corrected chi connectivity index (χ3v) is 5.29. The summed E-state index contributed by atoms with van der Waals surface area (Å²) in [5, 5.41) is 13.5. The minimum Gasteiger partial charge on any atom is -0.394 e. The van der Waals surface area contributed by atoms with Crippen LogP contribution in [0.5, 0.6) is 0 Å². The Hall–Kier alpha value is -2.69. The lowest BCUT2D eigenvalue weighted by Crippen LogP contribution is -2.45. The molecule has 2 atom stereocenters. The molecule has 0 saturated carbocycles. The number of aliphatic hydroxyl groups excluding tert-OH is 1. The van der Waals surface area contributed by atoms with Gasteiger partial charge in [0.15, 0.2) is 11.3 Å². The van der Waals surface area contributed by atoms with Gasteiger partial charge in [-0.1, -0.05) is 54.6 Å². The van der Waals surface area contributed by atoms with Crippen molar-refractivity contribution in [2.75, 3.05) is 11.7 Å². The van der Waals surface area contributed by atoms with Crippen LogP contribution in [0.25, 0.3) is 10.8 Å². The molecule has 1 heterocycles. The van der Waals surface area contributed by atoms with Crippen molar-refractivity contribution in [3.63, 3.8) is 0 Å². The van der Waals surface area contributed by atoms with Crippen molar-refractivity contribution in [2.45, 2.75) is 18.1 Å². The Bertz CT molecular complexity index is 980. The Balaban J connectivity index is 1.80. The van der Waals surface area contributed by atoms with Crippen LogP contribution >= 0.6 is 0 Å². The lowest BCUT2D eigenvalue weighted by molar-refractivity contribution is 0.0360. The molecule has 1 aliphatic carbocycles. The van der Waals surface area contributed by atoms with E-state index in [9.17, 15) is 9.90 Å². The summed E-state index contributed by atoms with van der Waals surface area (Å²) in [7, 11) is 0. The molecule has 0 unspecified atom stereocenters. The molecule has 1 aliphatic heterocycles. The van der Waals surface area contributed by atoms with E-state index < -0.39 is 11.6 Å². The molecule has 4 heteroatoms. The molecule has 1 fully saturated rings. The van der Waals surface area contributed by atoms with E-state index in [2.05, 4.69) is 0 Å². The molecule has 3 aromatic rings. The van der Waals surface area contributed by atoms with Crippen LogP contribution in [0.15, 0.2) is 66.7 Å². The molecule has 124 valence electrons. The van der Waals surface area contributed by atoms with E-state index in [1.807, 2.05) is 66.7 Å². The molecule has 1 saturated heterocycles. The predicted octanol–water partition coefficient (Wildman–Crippen LogP) is 3.43. The van der Waals surface area contributed by atoms with Gasteiger partial charge in [-0.25, -0.2) is 5.06 Å². The quantitative estimate of drug-likeness (QED) is 0.781. The van der Waals surface area contributed by atoms with E-state index >= 15 is 0 Å². The molecule has 0 radical (unpaired) electrons. The number of para-hydroxylation sites is 1. The summed E-state index contributed by atoms with van der Waals surface area (Å²) in [6.45, 7) is -0.120. The molecular weight excluding hydrogens is 314 g/mol. The second-order valence-electron chi connectivity index (χ2n) is 6.64. The van der Waals surface area contributed by atoms with Gasteiger partial charge >= 0.3 is 0 Å². The second kappa shape index (κ2) is 5.15. The summed E-state index contributed by atoms with van der Waals surface area (Å²) < 4.78 is 0. The number of anilines is 1. The van der Waals surface area contributed by atoms with Crippen molar-refractivity contribution in [3.8, 4) is 0 Å². The second-order valence-corrected chi connectivity index (χ2v) is 6.64. The van der Waals surface area contributed by atoms with Gasteiger partial charge in [-0.15, -0.1) is 0 Å². The first kappa shape index (κ1) is 14.6. The first-order chi connectivity index (χ1) is 12.3. The number of carbonyl (C=O) groups is 1. The van der Waals surface area contributed by atoms with Gasteiger partial charge in [0.2, 0.25) is 0 Å². The Labute approximate surface area is 145 Å². The third kappa shape index (κ3) is 1.81. The predicted molar refractivity (Wildman–Crippen MR) is 95.5 cm³/mol. The highest BCUT2D eigenvalue weighted by Gasteiger charge is 2.58. The zero-order valence-electron chi connectivity index (χ0n) is 13.6. The van der Waals surface area contributed by atoms with Gasteiger partial charge in [-0.2, -0.15) is 0 Å². The lowest BCUT2D eigenvalue weighted by Gasteiger charge is -2.33. The fraction of sp³-hybridized carbons (Fsp3) is 0.190. The minimum atomic E-state index is -0.919. The van der Waals surface area contributed by atoms with Crippen molar-refractivity contribution in [2.24, 2.45) is 0 Å². The minimum absolute atomic E-state index is 0.0408. The number of hydrogen-bond acceptors (Lipinski definition) is 4. The fourth-order valence-electron chi connectivity index (χ4n) is 4.26. The van der Waals surface area contributed by atoms with Gasteiger partial charge in [-0.3, -0.25) is 9.63 Å². The summed E-state index contributed by atoms with van der Waals surface area (Å²) in [5.74, 6) is 0.0408. The Morgan fingerprint density at radius 1 is 1.04 bits per heavy atom. The van der Waals surface area contributed by atoms with E-state index in [0.29, 0.717) is 6.42 Å². The highest BCUT2D eigenvalue weighted by molar-refractivity contribution is 6.21. The average Bonchev–Trinajstić information content (AvgIpc) is 3.17. The molecular formula is C21H17NO3. The maximum atomic E-state index is 13.5. The number of ketones is 1. The molecule has 0 aromatic heterocycles. The lowest BCUT2D eigenvalue weighted by atomic mass is 9.84. The average molecular weight is 331 g/mol. The molecule has 0 amide bonds. The molecule has 5 rings (SSSR count). The number of Topliss-reactive ketones (excluding diaryl/α,β-unsaturated/α-hetero) is 1. The first-order valence-corrected chi connectivity index (χ1v) is 8.45. The maximum absolute atomic E-state index is 13.5. The van der Waals surface area contributed by atoms with Gasteiger partial charge in [0.05, 0.1) is 12.3 Å². The van der Waals surface area contributed by atoms with Crippen molar-refractivity contribution in [1.29, 1.82) is 0 Å². The van der Waals surface area contributed by atoms with E-state index in [4.69, 9.17) is 4.84 Å². The maximum Gasteiger partial charge on any atom is 0.196 e. The first-order valence-electron chi connectivity index (χ1n) is 8.45. The summed E-state index contributed by atoms with van der Waals surface area (Å²) in [5.41, 5.74) is 1.59. The number of benzene rings is 3. The van der Waals surface area contributed by atoms with Crippen LogP contribution in [-0.2, 0) is 10.4 Å². The summed E-state index contributed by atoms with van der Waals surface area (Å²) in [4.78, 5) is 19.6. The Morgan fingerprint density at radius 2 is 1.80 bits per heavy atom. The number of hydroxylamine groups is 1. The van der Waals surface area contributed by atoms with Crippen LogP contribution in [0.4, 0.5) is 5.69 Å². The van der Waals surface area contributed by atoms with Gasteiger partial charge in [0.1, 0.15) is 6.10 Å². The number of nitrogens with zero attached hydrogens (tertiary/aromatic N) is 1. The Morgan fingerprint density at radius 3 is 2.56 bits per heavy atom. The van der Waals surface area contributed by atoms with Gasteiger partial charge in [0.25, 0.3) is 0 Å². The zero-order chi connectivity index (χ0) is 17.0. The van der Waals surface area contributed by atoms with Crippen molar-refractivity contribution < 1.29 is 14.7 Å². The topological polar surface area (TPSA) is 49.8 Å². The molecule has 4 nitrogen and oxygen atoms in total. The summed E-state index contributed by atoms with van der Waals surface area (Å²) >= 11 is 0. The largest absolute Gasteiger partial charge is 0.394 e. The van der Waals surface area contributed by atoms with Crippen LogP contribution in [-0.4, -0.2) is 23.6 Å². The third-order valence-electron chi connectivity index (χ3n) is 5.29. The van der Waals surface area contributed by atoms with Gasteiger partial charge in [-0.05, 0) is 28.5 Å². The monoisotopic (exact) mass is 331 g/mol. The van der Waals surface area contributed by atoms with Crippen molar-refractivity contribution >= 4 is 22.2 Å². The zero-order valence-corrected chi connectivity index (χ0v) is 13.6. The van der Waals surface area contributed by atoms with Crippen LogP contribution in [0.2, 0.25) is 0 Å². The standard InChI is InChI=1S/C21H17NO3/c23-13-16-12-21(22(25-16)15-8-2-1-3-9-15)18-11-5-7-14-6-4-10-17(19(14)18)20(21)24/h1-11,16,23H,12-13H2/t16-,21+/m0/s1. The number of rotatable bonds is 2. The van der Waals surface area contributed by atoms with Crippen molar-refractivity contribution in [1.82, 2.24) is 0 Å². The number of carbonyl (C=O) groups excluding carboxylic acids is 1. The molecule has 3 aromatic carbocycles. The highest BCUT2D eigenvalue weighted by atomic mass is 16.7. The molecule has 1 N–H and O–H groups in total. The molecule has 2 aliphatic rings. The fourth-order valence-corrected chi connectivity index (χ4v) is 4.26. The summed E-state index contributed by atoms with van der Waals surface area (Å²) in [6, 6.07) is 21.5.